The van der Waals surface area contributed by atoms with Crippen LogP contribution in [0.5, 0.6) is 0 Å². The third-order valence-electron chi connectivity index (χ3n) is 7.44. The van der Waals surface area contributed by atoms with Crippen molar-refractivity contribution in [3.8, 4) is 11.3 Å². The first-order valence-corrected chi connectivity index (χ1v) is 14.2. The molecule has 4 aromatic rings. The monoisotopic (exact) mass is 528 g/mol. The van der Waals surface area contributed by atoms with Gasteiger partial charge in [0.15, 0.2) is 5.65 Å². The van der Waals surface area contributed by atoms with E-state index in [1.807, 2.05) is 41.5 Å². The van der Waals surface area contributed by atoms with Gasteiger partial charge in [-0.1, -0.05) is 13.0 Å². The molecule has 0 aliphatic carbocycles. The van der Waals surface area contributed by atoms with Crippen molar-refractivity contribution in [2.24, 2.45) is 5.73 Å². The normalized spacial score (nSPS) is 15.1. The van der Waals surface area contributed by atoms with E-state index in [9.17, 15) is 0 Å². The molecule has 9 heteroatoms. The van der Waals surface area contributed by atoms with Crippen LogP contribution < -0.4 is 16.4 Å². The van der Waals surface area contributed by atoms with Crippen LogP contribution in [0.4, 0.5) is 17.3 Å². The first-order valence-electron chi connectivity index (χ1n) is 14.2. The fourth-order valence-electron chi connectivity index (χ4n) is 5.00. The minimum atomic E-state index is 0.227. The molecule has 0 unspecified atom stereocenters. The lowest BCUT2D eigenvalue weighted by molar-refractivity contribution is 0.0853. The zero-order chi connectivity index (χ0) is 27.2. The molecule has 0 bridgehead atoms. The number of nitrogens with zero attached hydrogens (tertiary/aromatic N) is 5. The topological polar surface area (TPSA) is 116 Å². The number of nitrogens with two attached hydrogens (primary N) is 1. The molecule has 1 fully saturated rings. The van der Waals surface area contributed by atoms with Gasteiger partial charge in [0, 0.05) is 66.9 Å². The van der Waals surface area contributed by atoms with Crippen LogP contribution in [0.25, 0.3) is 22.3 Å². The summed E-state index contributed by atoms with van der Waals surface area (Å²) >= 11 is 0. The number of nitrogens with one attached hydrogen (secondary N) is 2. The van der Waals surface area contributed by atoms with Crippen LogP contribution in [0.15, 0.2) is 48.9 Å². The van der Waals surface area contributed by atoms with Gasteiger partial charge in [-0.05, 0) is 75.6 Å². The molecular formula is C30H40N8O. The quantitative estimate of drug-likeness (QED) is 0.202. The first-order chi connectivity index (χ1) is 19.0. The predicted molar refractivity (Wildman–Crippen MR) is 157 cm³/mol. The second-order valence-corrected chi connectivity index (χ2v) is 10.6. The van der Waals surface area contributed by atoms with Crippen molar-refractivity contribution in [1.82, 2.24) is 24.7 Å². The minimum Gasteiger partial charge on any atom is -0.384 e. The van der Waals surface area contributed by atoms with Crippen molar-refractivity contribution in [2.45, 2.75) is 70.9 Å². The zero-order valence-corrected chi connectivity index (χ0v) is 23.2. The van der Waals surface area contributed by atoms with Gasteiger partial charge in [0.05, 0.1) is 11.9 Å². The fraction of sp³-hybridized carbons (Fsp3) is 0.467. The van der Waals surface area contributed by atoms with Crippen LogP contribution in [0.2, 0.25) is 0 Å². The van der Waals surface area contributed by atoms with E-state index in [1.165, 1.54) is 5.56 Å². The first kappa shape index (κ1) is 27.0. The predicted octanol–water partition coefficient (Wildman–Crippen LogP) is 6.04. The van der Waals surface area contributed by atoms with E-state index in [4.69, 9.17) is 25.4 Å². The summed E-state index contributed by atoms with van der Waals surface area (Å²) in [5.41, 5.74) is 11.1. The molecule has 4 aromatic heterocycles. The summed E-state index contributed by atoms with van der Waals surface area (Å²) < 4.78 is 7.46. The van der Waals surface area contributed by atoms with Gasteiger partial charge < -0.3 is 21.1 Å². The van der Waals surface area contributed by atoms with Crippen LogP contribution in [0.3, 0.4) is 0 Å². The number of rotatable bonds is 11. The smallest absolute Gasteiger partial charge is 0.160 e. The molecule has 0 aromatic carbocycles. The van der Waals surface area contributed by atoms with E-state index in [2.05, 4.69) is 48.6 Å². The van der Waals surface area contributed by atoms with Gasteiger partial charge in [0.2, 0.25) is 0 Å². The van der Waals surface area contributed by atoms with Gasteiger partial charge in [-0.15, -0.1) is 0 Å². The number of aromatic nitrogens is 5. The molecule has 5 rings (SSSR count). The summed E-state index contributed by atoms with van der Waals surface area (Å²) in [4.78, 5) is 14.4. The second-order valence-electron chi connectivity index (χ2n) is 10.6. The van der Waals surface area contributed by atoms with Crippen LogP contribution in [-0.4, -0.2) is 50.5 Å². The Hall–Kier alpha value is -3.56. The highest BCUT2D eigenvalue weighted by Gasteiger charge is 2.17. The number of hydrogen-bond acceptors (Lipinski definition) is 8. The van der Waals surface area contributed by atoms with E-state index in [0.717, 1.165) is 85.7 Å². The van der Waals surface area contributed by atoms with Crippen molar-refractivity contribution in [3.05, 3.63) is 54.5 Å². The molecule has 0 amide bonds. The zero-order valence-electron chi connectivity index (χ0n) is 23.2. The standard InChI is InChI=1S/C30H40N8O/c1-4-24(31)6-5-13-32-27-16-29(36-28-10-8-23-18-35-38(20(2)3)30(23)37-28)34-19-25(27)26-9-7-22(17-33-26)21-11-14-39-15-12-21/h7-10,16-21,24H,4-6,11-15,31H2,1-3H3,(H2,32,34,36,37)/t24-/m0/s1. The highest BCUT2D eigenvalue weighted by Crippen LogP contribution is 2.32. The maximum atomic E-state index is 6.14. The highest BCUT2D eigenvalue weighted by atomic mass is 16.5. The molecular weight excluding hydrogens is 488 g/mol. The van der Waals surface area contributed by atoms with Crippen molar-refractivity contribution < 1.29 is 4.74 Å². The Morgan fingerprint density at radius 1 is 1.05 bits per heavy atom. The summed E-state index contributed by atoms with van der Waals surface area (Å²) in [6.07, 6.45) is 10.8. The Morgan fingerprint density at radius 3 is 2.64 bits per heavy atom. The molecule has 206 valence electrons. The minimum absolute atomic E-state index is 0.227. The highest BCUT2D eigenvalue weighted by molar-refractivity contribution is 5.79. The summed E-state index contributed by atoms with van der Waals surface area (Å²) in [5, 5.41) is 12.5. The van der Waals surface area contributed by atoms with Crippen molar-refractivity contribution in [1.29, 1.82) is 0 Å². The number of hydrogen-bond donors (Lipinski definition) is 3. The summed E-state index contributed by atoms with van der Waals surface area (Å²) in [5.74, 6) is 1.96. The van der Waals surface area contributed by atoms with Crippen molar-refractivity contribution in [3.63, 3.8) is 0 Å². The fourth-order valence-corrected chi connectivity index (χ4v) is 5.00. The second kappa shape index (κ2) is 12.5. The Balaban J connectivity index is 1.38. The number of anilines is 3. The van der Waals surface area contributed by atoms with E-state index < -0.39 is 0 Å². The average molecular weight is 529 g/mol. The number of pyridine rings is 3. The SMILES string of the molecule is CC[C@H](N)CCCNc1cc(Nc2ccc3cnn(C(C)C)c3n2)ncc1-c1ccc(C2CCOCC2)cn1. The molecule has 0 spiro atoms. The summed E-state index contributed by atoms with van der Waals surface area (Å²) in [6.45, 7) is 8.80. The van der Waals surface area contributed by atoms with E-state index in [1.54, 1.807) is 0 Å². The largest absolute Gasteiger partial charge is 0.384 e. The van der Waals surface area contributed by atoms with E-state index in [0.29, 0.717) is 11.7 Å². The maximum Gasteiger partial charge on any atom is 0.160 e. The molecule has 4 N–H and O–H groups in total. The van der Waals surface area contributed by atoms with E-state index >= 15 is 0 Å². The molecule has 39 heavy (non-hydrogen) atoms. The Morgan fingerprint density at radius 2 is 1.90 bits per heavy atom. The van der Waals surface area contributed by atoms with Crippen LogP contribution in [0, 0.1) is 0 Å². The molecule has 5 heterocycles. The van der Waals surface area contributed by atoms with Crippen LogP contribution in [0.1, 0.15) is 70.4 Å². The third-order valence-corrected chi connectivity index (χ3v) is 7.44. The Kier molecular flexibility index (Phi) is 8.68. The Bertz CT molecular complexity index is 1360. The molecule has 1 saturated heterocycles. The van der Waals surface area contributed by atoms with Gasteiger partial charge >= 0.3 is 0 Å². The lowest BCUT2D eigenvalue weighted by Crippen LogP contribution is -2.19. The molecule has 1 aliphatic heterocycles. The molecule has 1 atom stereocenters. The van der Waals surface area contributed by atoms with Crippen molar-refractivity contribution >= 4 is 28.4 Å². The third kappa shape index (κ3) is 6.54. The summed E-state index contributed by atoms with van der Waals surface area (Å²) in [7, 11) is 0. The van der Waals surface area contributed by atoms with E-state index in [-0.39, 0.29) is 12.1 Å². The molecule has 1 aliphatic rings. The van der Waals surface area contributed by atoms with Crippen molar-refractivity contribution in [2.75, 3.05) is 30.4 Å². The van der Waals surface area contributed by atoms with Crippen LogP contribution in [-0.2, 0) is 4.74 Å². The van der Waals surface area contributed by atoms with Crippen LogP contribution >= 0.6 is 0 Å². The van der Waals surface area contributed by atoms with Gasteiger partial charge in [-0.2, -0.15) is 5.10 Å². The number of ether oxygens (including phenoxy) is 1. The molecule has 9 nitrogen and oxygen atoms in total. The molecule has 0 saturated carbocycles. The van der Waals surface area contributed by atoms with Gasteiger partial charge in [0.1, 0.15) is 11.6 Å². The summed E-state index contributed by atoms with van der Waals surface area (Å²) in [6, 6.07) is 10.8. The Labute approximate surface area is 230 Å². The average Bonchev–Trinajstić information content (AvgIpc) is 3.40. The molecule has 0 radical (unpaired) electrons. The lowest BCUT2D eigenvalue weighted by Gasteiger charge is -2.22. The lowest BCUT2D eigenvalue weighted by atomic mass is 9.93. The van der Waals surface area contributed by atoms with Gasteiger partial charge in [0.25, 0.3) is 0 Å². The maximum absolute atomic E-state index is 6.14. The number of fused-ring (bicyclic) bond motifs is 1. The van der Waals surface area contributed by atoms with Gasteiger partial charge in [-0.3, -0.25) is 4.98 Å². The van der Waals surface area contributed by atoms with Gasteiger partial charge in [-0.25, -0.2) is 14.6 Å².